The van der Waals surface area contributed by atoms with E-state index in [9.17, 15) is 0 Å². The molecule has 0 unspecified atom stereocenters. The van der Waals surface area contributed by atoms with Gasteiger partial charge in [-0.1, -0.05) is 11.6 Å². The summed E-state index contributed by atoms with van der Waals surface area (Å²) in [4.78, 5) is 8.51. The molecule has 0 saturated carbocycles. The standard InChI is InChI=1S/C16H16ClN3O/c1-4-21-16-15(10(2)5-6-18-16)12-7-11-8-14(17)19-9-13(11)20(12)3/h5-9H,4H2,1-3H3. The molecule has 21 heavy (non-hydrogen) atoms. The van der Waals surface area contributed by atoms with Crippen molar-refractivity contribution in [1.82, 2.24) is 14.5 Å². The summed E-state index contributed by atoms with van der Waals surface area (Å²) >= 11 is 5.98. The van der Waals surface area contributed by atoms with Crippen LogP contribution in [0.4, 0.5) is 0 Å². The van der Waals surface area contributed by atoms with Crippen LogP contribution in [0.25, 0.3) is 22.2 Å². The normalized spacial score (nSPS) is 11.0. The van der Waals surface area contributed by atoms with Gasteiger partial charge < -0.3 is 9.30 Å². The number of ether oxygens (including phenoxy) is 1. The summed E-state index contributed by atoms with van der Waals surface area (Å²) in [5.41, 5.74) is 4.20. The van der Waals surface area contributed by atoms with E-state index in [4.69, 9.17) is 16.3 Å². The van der Waals surface area contributed by atoms with Crippen LogP contribution in [-0.2, 0) is 7.05 Å². The van der Waals surface area contributed by atoms with Crippen LogP contribution in [0.2, 0.25) is 5.15 Å². The van der Waals surface area contributed by atoms with Crippen LogP contribution in [0.15, 0.2) is 30.6 Å². The lowest BCUT2D eigenvalue weighted by atomic mass is 10.1. The van der Waals surface area contributed by atoms with E-state index in [1.807, 2.05) is 26.1 Å². The quantitative estimate of drug-likeness (QED) is 0.687. The molecule has 0 atom stereocenters. The fourth-order valence-corrected chi connectivity index (χ4v) is 2.70. The second-order valence-electron chi connectivity index (χ2n) is 4.90. The molecule has 3 rings (SSSR count). The zero-order valence-electron chi connectivity index (χ0n) is 12.2. The number of halogens is 1. The van der Waals surface area contributed by atoms with Gasteiger partial charge in [-0.3, -0.25) is 0 Å². The minimum atomic E-state index is 0.493. The zero-order chi connectivity index (χ0) is 15.0. The van der Waals surface area contributed by atoms with Gasteiger partial charge in [-0.25, -0.2) is 9.97 Å². The van der Waals surface area contributed by atoms with E-state index in [0.717, 1.165) is 27.7 Å². The summed E-state index contributed by atoms with van der Waals surface area (Å²) in [6.45, 7) is 4.60. The minimum absolute atomic E-state index is 0.493. The first-order valence-corrected chi connectivity index (χ1v) is 7.19. The number of fused-ring (bicyclic) bond motifs is 1. The summed E-state index contributed by atoms with van der Waals surface area (Å²) < 4.78 is 7.77. The number of aromatic nitrogens is 3. The molecule has 0 aliphatic heterocycles. The highest BCUT2D eigenvalue weighted by atomic mass is 35.5. The van der Waals surface area contributed by atoms with E-state index in [0.29, 0.717) is 17.6 Å². The van der Waals surface area contributed by atoms with Crippen molar-refractivity contribution in [3.05, 3.63) is 41.3 Å². The highest BCUT2D eigenvalue weighted by molar-refractivity contribution is 6.30. The molecule has 0 bridgehead atoms. The van der Waals surface area contributed by atoms with Crippen molar-refractivity contribution in [1.29, 1.82) is 0 Å². The van der Waals surface area contributed by atoms with Crippen LogP contribution in [0.1, 0.15) is 12.5 Å². The number of hydrogen-bond donors (Lipinski definition) is 0. The fraction of sp³-hybridized carbons (Fsp3) is 0.250. The second-order valence-corrected chi connectivity index (χ2v) is 5.28. The maximum atomic E-state index is 5.98. The Labute approximate surface area is 128 Å². The van der Waals surface area contributed by atoms with Crippen molar-refractivity contribution < 1.29 is 4.74 Å². The summed E-state index contributed by atoms with van der Waals surface area (Å²) in [5.74, 6) is 0.655. The highest BCUT2D eigenvalue weighted by Crippen LogP contribution is 2.35. The van der Waals surface area contributed by atoms with Crippen molar-refractivity contribution in [3.8, 4) is 17.1 Å². The van der Waals surface area contributed by atoms with Gasteiger partial charge in [0.2, 0.25) is 5.88 Å². The molecule has 0 aromatic carbocycles. The summed E-state index contributed by atoms with van der Waals surface area (Å²) in [7, 11) is 2.01. The Morgan fingerprint density at radius 3 is 2.86 bits per heavy atom. The molecule has 0 radical (unpaired) electrons. The van der Waals surface area contributed by atoms with E-state index < -0.39 is 0 Å². The van der Waals surface area contributed by atoms with Gasteiger partial charge in [0.05, 0.1) is 29.6 Å². The molecular formula is C16H16ClN3O. The minimum Gasteiger partial charge on any atom is -0.477 e. The Hall–Kier alpha value is -2.07. The third kappa shape index (κ3) is 2.36. The summed E-state index contributed by atoms with van der Waals surface area (Å²) in [6, 6.07) is 5.95. The number of nitrogens with zero attached hydrogens (tertiary/aromatic N) is 3. The van der Waals surface area contributed by atoms with E-state index in [2.05, 4.69) is 27.5 Å². The Bertz CT molecular complexity index is 811. The average molecular weight is 302 g/mol. The molecule has 3 aromatic heterocycles. The van der Waals surface area contributed by atoms with Crippen molar-refractivity contribution in [2.24, 2.45) is 7.05 Å². The van der Waals surface area contributed by atoms with Gasteiger partial charge in [-0.15, -0.1) is 0 Å². The lowest BCUT2D eigenvalue weighted by Gasteiger charge is -2.12. The van der Waals surface area contributed by atoms with E-state index >= 15 is 0 Å². The molecule has 0 aliphatic rings. The maximum absolute atomic E-state index is 5.98. The predicted octanol–water partition coefficient (Wildman–Crippen LogP) is 4.00. The molecule has 0 spiro atoms. The van der Waals surface area contributed by atoms with Crippen LogP contribution >= 0.6 is 11.6 Å². The van der Waals surface area contributed by atoms with Gasteiger partial charge in [0, 0.05) is 18.6 Å². The summed E-state index contributed by atoms with van der Waals surface area (Å²) in [5, 5.41) is 1.55. The Morgan fingerprint density at radius 2 is 2.10 bits per heavy atom. The van der Waals surface area contributed by atoms with Gasteiger partial charge in [-0.05, 0) is 37.6 Å². The van der Waals surface area contributed by atoms with Crippen molar-refractivity contribution in [3.63, 3.8) is 0 Å². The lowest BCUT2D eigenvalue weighted by molar-refractivity contribution is 0.328. The number of rotatable bonds is 3. The van der Waals surface area contributed by atoms with Gasteiger partial charge in [-0.2, -0.15) is 0 Å². The topological polar surface area (TPSA) is 39.9 Å². The Balaban J connectivity index is 2.28. The lowest BCUT2D eigenvalue weighted by Crippen LogP contribution is -2.01. The van der Waals surface area contributed by atoms with E-state index in [1.54, 1.807) is 12.4 Å². The van der Waals surface area contributed by atoms with Crippen LogP contribution in [0.5, 0.6) is 5.88 Å². The molecule has 0 fully saturated rings. The van der Waals surface area contributed by atoms with Gasteiger partial charge in [0.15, 0.2) is 0 Å². The van der Waals surface area contributed by atoms with Crippen molar-refractivity contribution in [2.75, 3.05) is 6.61 Å². The second kappa shape index (κ2) is 5.37. The molecule has 0 N–H and O–H groups in total. The predicted molar refractivity (Wildman–Crippen MR) is 84.9 cm³/mol. The monoisotopic (exact) mass is 301 g/mol. The smallest absolute Gasteiger partial charge is 0.223 e. The average Bonchev–Trinajstić information content (AvgIpc) is 2.76. The molecule has 3 heterocycles. The number of hydrogen-bond acceptors (Lipinski definition) is 3. The Morgan fingerprint density at radius 1 is 1.29 bits per heavy atom. The number of aryl methyl sites for hydroxylation is 2. The summed E-state index contributed by atoms with van der Waals surface area (Å²) in [6.07, 6.45) is 3.55. The SMILES string of the molecule is CCOc1nccc(C)c1-c1cc2cc(Cl)ncc2n1C. The maximum Gasteiger partial charge on any atom is 0.223 e. The number of pyridine rings is 2. The fourth-order valence-electron chi connectivity index (χ4n) is 2.54. The Kier molecular flexibility index (Phi) is 3.55. The van der Waals surface area contributed by atoms with Gasteiger partial charge in [0.1, 0.15) is 5.15 Å². The van der Waals surface area contributed by atoms with Crippen LogP contribution in [0, 0.1) is 6.92 Å². The van der Waals surface area contributed by atoms with Crippen LogP contribution < -0.4 is 4.74 Å². The van der Waals surface area contributed by atoms with Gasteiger partial charge in [0.25, 0.3) is 0 Å². The molecule has 108 valence electrons. The first-order chi connectivity index (χ1) is 10.1. The largest absolute Gasteiger partial charge is 0.477 e. The molecule has 4 nitrogen and oxygen atoms in total. The molecule has 0 amide bonds. The van der Waals surface area contributed by atoms with Crippen LogP contribution in [-0.4, -0.2) is 21.1 Å². The zero-order valence-corrected chi connectivity index (χ0v) is 13.0. The molecule has 3 aromatic rings. The first-order valence-electron chi connectivity index (χ1n) is 6.81. The molecule has 5 heteroatoms. The van der Waals surface area contributed by atoms with Crippen LogP contribution in [0.3, 0.4) is 0 Å². The third-order valence-electron chi connectivity index (χ3n) is 3.56. The van der Waals surface area contributed by atoms with Crippen molar-refractivity contribution in [2.45, 2.75) is 13.8 Å². The van der Waals surface area contributed by atoms with E-state index in [1.165, 1.54) is 0 Å². The highest BCUT2D eigenvalue weighted by Gasteiger charge is 2.16. The van der Waals surface area contributed by atoms with Crippen molar-refractivity contribution >= 4 is 22.5 Å². The van der Waals surface area contributed by atoms with E-state index in [-0.39, 0.29) is 0 Å². The molecular weight excluding hydrogens is 286 g/mol. The van der Waals surface area contributed by atoms with Gasteiger partial charge >= 0.3 is 0 Å². The molecule has 0 aliphatic carbocycles. The molecule has 0 saturated heterocycles. The first kappa shape index (κ1) is 13.9. The third-order valence-corrected chi connectivity index (χ3v) is 3.76.